The van der Waals surface area contributed by atoms with Crippen molar-refractivity contribution < 1.29 is 14.5 Å². The number of benzene rings is 1. The lowest BCUT2D eigenvalue weighted by atomic mass is 10.2. The van der Waals surface area contributed by atoms with Crippen LogP contribution in [0.2, 0.25) is 0 Å². The minimum Gasteiger partial charge on any atom is -0.468 e. The van der Waals surface area contributed by atoms with Gasteiger partial charge in [-0.3, -0.25) is 14.9 Å². The second-order valence-electron chi connectivity index (χ2n) is 3.87. The van der Waals surface area contributed by atoms with E-state index in [1.165, 1.54) is 19.2 Å². The van der Waals surface area contributed by atoms with Crippen molar-refractivity contribution in [2.45, 2.75) is 13.8 Å². The van der Waals surface area contributed by atoms with E-state index in [1.54, 1.807) is 17.9 Å². The molecular formula is C12H16N2O4. The fourth-order valence-corrected chi connectivity index (χ4v) is 1.64. The predicted molar refractivity (Wildman–Crippen MR) is 67.7 cm³/mol. The van der Waals surface area contributed by atoms with Crippen LogP contribution < -0.4 is 4.90 Å². The molecule has 0 saturated carbocycles. The summed E-state index contributed by atoms with van der Waals surface area (Å²) in [5.41, 5.74) is 1.45. The maximum absolute atomic E-state index is 11.3. The van der Waals surface area contributed by atoms with Crippen LogP contribution >= 0.6 is 0 Å². The zero-order valence-corrected chi connectivity index (χ0v) is 10.7. The van der Waals surface area contributed by atoms with Crippen LogP contribution in [0.1, 0.15) is 12.5 Å². The highest BCUT2D eigenvalue weighted by Gasteiger charge is 2.14. The Hall–Kier alpha value is -2.11. The number of nitro groups is 1. The van der Waals surface area contributed by atoms with Crippen molar-refractivity contribution in [2.24, 2.45) is 0 Å². The van der Waals surface area contributed by atoms with Crippen molar-refractivity contribution in [3.8, 4) is 0 Å². The second-order valence-corrected chi connectivity index (χ2v) is 3.87. The standard InChI is InChI=1S/C12H16N2O4/c1-4-13(8-12(15)18-3)10-5-9(2)6-11(7-10)14(16)17/h5-7H,4,8H2,1-3H3. The van der Waals surface area contributed by atoms with E-state index in [-0.39, 0.29) is 18.2 Å². The van der Waals surface area contributed by atoms with Gasteiger partial charge in [0.05, 0.1) is 12.0 Å². The van der Waals surface area contributed by atoms with Gasteiger partial charge in [0.25, 0.3) is 5.69 Å². The number of ether oxygens (including phenoxy) is 1. The van der Waals surface area contributed by atoms with Crippen LogP contribution in [0.15, 0.2) is 18.2 Å². The molecule has 1 rings (SSSR count). The average molecular weight is 252 g/mol. The van der Waals surface area contributed by atoms with Crippen molar-refractivity contribution in [3.63, 3.8) is 0 Å². The maximum Gasteiger partial charge on any atom is 0.325 e. The number of carbonyl (C=O) groups excluding carboxylic acids is 1. The number of methoxy groups -OCH3 is 1. The molecule has 0 fully saturated rings. The van der Waals surface area contributed by atoms with Crippen LogP contribution in [0, 0.1) is 17.0 Å². The third-order valence-corrected chi connectivity index (χ3v) is 2.55. The third-order valence-electron chi connectivity index (χ3n) is 2.55. The van der Waals surface area contributed by atoms with E-state index < -0.39 is 4.92 Å². The molecule has 1 aromatic rings. The molecule has 98 valence electrons. The Bertz CT molecular complexity index is 459. The molecule has 18 heavy (non-hydrogen) atoms. The number of carbonyl (C=O) groups is 1. The molecule has 6 nitrogen and oxygen atoms in total. The Morgan fingerprint density at radius 3 is 2.61 bits per heavy atom. The van der Waals surface area contributed by atoms with Crippen molar-refractivity contribution in [3.05, 3.63) is 33.9 Å². The Morgan fingerprint density at radius 2 is 2.11 bits per heavy atom. The molecule has 0 saturated heterocycles. The Morgan fingerprint density at radius 1 is 1.44 bits per heavy atom. The number of hydrogen-bond acceptors (Lipinski definition) is 5. The van der Waals surface area contributed by atoms with Gasteiger partial charge in [0.2, 0.25) is 0 Å². The molecular weight excluding hydrogens is 236 g/mol. The van der Waals surface area contributed by atoms with Gasteiger partial charge in [0.1, 0.15) is 6.54 Å². The molecule has 0 amide bonds. The summed E-state index contributed by atoms with van der Waals surface area (Å²) in [4.78, 5) is 23.3. The number of likely N-dealkylation sites (N-methyl/N-ethyl adjacent to an activating group) is 1. The molecule has 0 radical (unpaired) electrons. The highest BCUT2D eigenvalue weighted by molar-refractivity contribution is 5.76. The lowest BCUT2D eigenvalue weighted by molar-refractivity contribution is -0.384. The van der Waals surface area contributed by atoms with Crippen LogP contribution in [0.3, 0.4) is 0 Å². The third kappa shape index (κ3) is 3.44. The topological polar surface area (TPSA) is 72.7 Å². The van der Waals surface area contributed by atoms with Crippen LogP contribution in [0.4, 0.5) is 11.4 Å². The van der Waals surface area contributed by atoms with E-state index >= 15 is 0 Å². The largest absolute Gasteiger partial charge is 0.468 e. The Balaban J connectivity index is 3.05. The number of nitrogens with zero attached hydrogens (tertiary/aromatic N) is 2. The molecule has 0 aromatic heterocycles. The molecule has 6 heteroatoms. The number of nitro benzene ring substituents is 1. The van der Waals surface area contributed by atoms with Crippen LogP contribution in [0.25, 0.3) is 0 Å². The summed E-state index contributed by atoms with van der Waals surface area (Å²) in [7, 11) is 1.31. The summed E-state index contributed by atoms with van der Waals surface area (Å²) in [6.45, 7) is 4.29. The lowest BCUT2D eigenvalue weighted by Gasteiger charge is -2.21. The molecule has 0 aliphatic heterocycles. The van der Waals surface area contributed by atoms with Crippen molar-refractivity contribution in [1.29, 1.82) is 0 Å². The van der Waals surface area contributed by atoms with Gasteiger partial charge in [-0.2, -0.15) is 0 Å². The SMILES string of the molecule is CCN(CC(=O)OC)c1cc(C)cc([N+](=O)[O-])c1. The monoisotopic (exact) mass is 252 g/mol. The first-order chi connectivity index (χ1) is 8.47. The fraction of sp³-hybridized carbons (Fsp3) is 0.417. The minimum absolute atomic E-state index is 0.0216. The molecule has 0 atom stereocenters. The van der Waals surface area contributed by atoms with Crippen LogP contribution in [0.5, 0.6) is 0 Å². The molecule has 0 aliphatic carbocycles. The van der Waals surface area contributed by atoms with Gasteiger partial charge >= 0.3 is 5.97 Å². The number of rotatable bonds is 5. The number of non-ortho nitro benzene ring substituents is 1. The molecule has 0 N–H and O–H groups in total. The predicted octanol–water partition coefficient (Wildman–Crippen LogP) is 1.90. The zero-order valence-electron chi connectivity index (χ0n) is 10.7. The molecule has 1 aromatic carbocycles. The van der Waals surface area contributed by atoms with E-state index in [1.807, 2.05) is 6.92 Å². The van der Waals surface area contributed by atoms with Gasteiger partial charge in [0, 0.05) is 24.4 Å². The van der Waals surface area contributed by atoms with Crippen molar-refractivity contribution in [2.75, 3.05) is 25.1 Å². The average Bonchev–Trinajstić information content (AvgIpc) is 2.34. The summed E-state index contributed by atoms with van der Waals surface area (Å²) in [5.74, 6) is -0.374. The zero-order chi connectivity index (χ0) is 13.7. The van der Waals surface area contributed by atoms with E-state index in [0.717, 1.165) is 5.56 Å². The van der Waals surface area contributed by atoms with Gasteiger partial charge in [-0.1, -0.05) is 0 Å². The number of aryl methyl sites for hydroxylation is 1. The quantitative estimate of drug-likeness (QED) is 0.454. The van der Waals surface area contributed by atoms with E-state index in [2.05, 4.69) is 4.74 Å². The van der Waals surface area contributed by atoms with Crippen molar-refractivity contribution in [1.82, 2.24) is 0 Å². The highest BCUT2D eigenvalue weighted by atomic mass is 16.6. The summed E-state index contributed by atoms with van der Waals surface area (Å²) in [6, 6.07) is 4.76. The summed E-state index contributed by atoms with van der Waals surface area (Å²) < 4.78 is 4.60. The van der Waals surface area contributed by atoms with Crippen LogP contribution in [-0.4, -0.2) is 31.1 Å². The van der Waals surface area contributed by atoms with Gasteiger partial charge in [-0.15, -0.1) is 0 Å². The normalized spacial score (nSPS) is 9.94. The van der Waals surface area contributed by atoms with Gasteiger partial charge in [-0.05, 0) is 25.5 Å². The Kier molecular flexibility index (Phi) is 4.65. The number of esters is 1. The highest BCUT2D eigenvalue weighted by Crippen LogP contribution is 2.23. The number of hydrogen-bond donors (Lipinski definition) is 0. The number of anilines is 1. The second kappa shape index (κ2) is 6.00. The van der Waals surface area contributed by atoms with Crippen molar-refractivity contribution >= 4 is 17.3 Å². The smallest absolute Gasteiger partial charge is 0.325 e. The van der Waals surface area contributed by atoms with E-state index in [4.69, 9.17) is 0 Å². The maximum atomic E-state index is 11.3. The first kappa shape index (κ1) is 14.0. The summed E-state index contributed by atoms with van der Waals surface area (Å²) >= 11 is 0. The van der Waals surface area contributed by atoms with Crippen LogP contribution in [-0.2, 0) is 9.53 Å². The first-order valence-corrected chi connectivity index (χ1v) is 5.55. The van der Waals surface area contributed by atoms with Gasteiger partial charge < -0.3 is 9.64 Å². The van der Waals surface area contributed by atoms with E-state index in [9.17, 15) is 14.9 Å². The first-order valence-electron chi connectivity index (χ1n) is 5.55. The minimum atomic E-state index is -0.442. The Labute approximate surface area is 105 Å². The molecule has 0 bridgehead atoms. The lowest BCUT2D eigenvalue weighted by Crippen LogP contribution is -2.30. The van der Waals surface area contributed by atoms with E-state index in [0.29, 0.717) is 12.2 Å². The molecule has 0 heterocycles. The molecule has 0 unspecified atom stereocenters. The fourth-order valence-electron chi connectivity index (χ4n) is 1.64. The summed E-state index contributed by atoms with van der Waals surface area (Å²) in [6.07, 6.45) is 0. The van der Waals surface area contributed by atoms with Gasteiger partial charge in [-0.25, -0.2) is 0 Å². The van der Waals surface area contributed by atoms with Gasteiger partial charge in [0.15, 0.2) is 0 Å². The molecule has 0 spiro atoms. The summed E-state index contributed by atoms with van der Waals surface area (Å²) in [5, 5.41) is 10.8. The molecule has 0 aliphatic rings.